The predicted molar refractivity (Wildman–Crippen MR) is 182 cm³/mol. The van der Waals surface area contributed by atoms with Crippen LogP contribution in [0.1, 0.15) is 42.8 Å². The van der Waals surface area contributed by atoms with Crippen LogP contribution in [0.25, 0.3) is 71.6 Å². The Kier molecular flexibility index (Phi) is 2.74. The molecule has 0 aliphatic carbocycles. The van der Waals surface area contributed by atoms with Gasteiger partial charge >= 0.3 is 0 Å². The van der Waals surface area contributed by atoms with Crippen molar-refractivity contribution < 1.29 is 30.2 Å². The SMILES string of the molecule is [2H]c1c([2H])c([2H])c(-c2c3c([2H])c([2H])c([2H])c([2H])c3c(-c3c([2H])c([2H])c([2H])c([2H])c3[2H])c3c([2H])c(-c4ccccc4-n4c(C([2H])([2H])C([2H])([2H])[2H])nc5ccccc54)c([2H])c([2H])c23)c([2H])c1[2H]. The number of para-hydroxylation sites is 3. The molecule has 0 radical (unpaired) electrons. The molecule has 1 aromatic heterocycles. The van der Waals surface area contributed by atoms with Crippen molar-refractivity contribution in [2.24, 2.45) is 0 Å². The van der Waals surface area contributed by atoms with E-state index < -0.39 is 171 Å². The number of fused-ring (bicyclic) bond motifs is 3. The molecule has 2 heteroatoms. The van der Waals surface area contributed by atoms with Crippen LogP contribution in [0, 0.1) is 0 Å². The third-order valence-electron chi connectivity index (χ3n) is 7.09. The first-order valence-electron chi connectivity index (χ1n) is 24.0. The molecule has 2 nitrogen and oxygen atoms in total. The van der Waals surface area contributed by atoms with Crippen LogP contribution >= 0.6 is 0 Å². The zero-order valence-electron chi connectivity index (χ0n) is 44.0. The Labute approximate surface area is 282 Å². The molecule has 0 N–H and O–H groups in total. The summed E-state index contributed by atoms with van der Waals surface area (Å²) < 4.78 is 196. The van der Waals surface area contributed by atoms with E-state index in [9.17, 15) is 6.85 Å². The van der Waals surface area contributed by atoms with Crippen molar-refractivity contribution in [1.29, 1.82) is 0 Å². The Hall–Kier alpha value is -5.47. The van der Waals surface area contributed by atoms with Crippen LogP contribution in [0.15, 0.2) is 151 Å². The second kappa shape index (κ2) is 10.4. The lowest BCUT2D eigenvalue weighted by atomic mass is 9.85. The van der Waals surface area contributed by atoms with Crippen molar-refractivity contribution in [1.82, 2.24) is 9.55 Å². The van der Waals surface area contributed by atoms with Crippen molar-refractivity contribution >= 4 is 32.6 Å². The van der Waals surface area contributed by atoms with E-state index in [1.54, 1.807) is 12.1 Å². The summed E-state index contributed by atoms with van der Waals surface area (Å²) >= 11 is 0. The molecule has 0 fully saturated rings. The smallest absolute Gasteiger partial charge is 0.114 e. The van der Waals surface area contributed by atoms with Gasteiger partial charge in [0.1, 0.15) is 5.82 Å². The van der Waals surface area contributed by atoms with Gasteiger partial charge in [0.2, 0.25) is 0 Å². The summed E-state index contributed by atoms with van der Waals surface area (Å²) in [6.45, 7) is -3.28. The molecular weight excluding hydrogens is 520 g/mol. The van der Waals surface area contributed by atoms with E-state index in [0.29, 0.717) is 0 Å². The first kappa shape index (κ1) is 11.3. The molecule has 43 heavy (non-hydrogen) atoms. The Morgan fingerprint density at radius 1 is 0.628 bits per heavy atom. The predicted octanol–water partition coefficient (Wildman–Crippen LogP) is 10.9. The number of hydrogen-bond acceptors (Lipinski definition) is 1. The zero-order valence-corrected chi connectivity index (χ0v) is 22.0. The van der Waals surface area contributed by atoms with Crippen molar-refractivity contribution in [2.75, 3.05) is 0 Å². The number of hydrogen-bond donors (Lipinski definition) is 0. The standard InChI is InChI=1S/C41H30N2/c1-2-39-42-36-22-12-14-24-38(36)43(39)37-23-13-11-19-31(37)30-25-26-34-35(27-30)41(29-17-7-4-8-18-29)33-21-10-9-20-32(33)40(34)28-15-5-3-6-16-28/h3-27H,2H2,1H3/i1D3,2D2,3D,4D,5D,6D,7D,8D,9D,10D,15D,16D,17D,18D,20D,21D,25D,26D,27D. The first-order valence-corrected chi connectivity index (χ1v) is 13.0. The van der Waals surface area contributed by atoms with Crippen LogP contribution in [-0.4, -0.2) is 9.55 Å². The van der Waals surface area contributed by atoms with Crippen molar-refractivity contribution in [3.05, 3.63) is 157 Å². The van der Waals surface area contributed by atoms with Crippen LogP contribution in [-0.2, 0) is 6.37 Å². The lowest BCUT2D eigenvalue weighted by Crippen LogP contribution is -2.02. The lowest BCUT2D eigenvalue weighted by molar-refractivity contribution is 0.909. The summed E-state index contributed by atoms with van der Waals surface area (Å²) in [6.07, 6.45) is -3.12. The Morgan fingerprint density at radius 2 is 1.23 bits per heavy atom. The highest BCUT2D eigenvalue weighted by molar-refractivity contribution is 6.22. The van der Waals surface area contributed by atoms with Gasteiger partial charge in [-0.1, -0.05) is 134 Å². The summed E-state index contributed by atoms with van der Waals surface area (Å²) in [7, 11) is 0. The van der Waals surface area contributed by atoms with Gasteiger partial charge in [0.15, 0.2) is 0 Å². The molecule has 0 aliphatic rings. The molecule has 0 bridgehead atoms. The highest BCUT2D eigenvalue weighted by Crippen LogP contribution is 2.45. The molecule has 7 aromatic carbocycles. The number of nitrogens with zero attached hydrogens (tertiary/aromatic N) is 2. The third-order valence-corrected chi connectivity index (χ3v) is 7.09. The fourth-order valence-electron chi connectivity index (χ4n) is 5.34. The molecule has 0 unspecified atom stereocenters. The van der Waals surface area contributed by atoms with Gasteiger partial charge in [-0.25, -0.2) is 4.98 Å². The molecule has 1 heterocycles. The topological polar surface area (TPSA) is 17.8 Å². The Morgan fingerprint density at radius 3 is 1.95 bits per heavy atom. The van der Waals surface area contributed by atoms with Gasteiger partial charge in [0, 0.05) is 18.8 Å². The second-order valence-corrected chi connectivity index (χ2v) is 9.40. The van der Waals surface area contributed by atoms with E-state index in [-0.39, 0.29) is 22.3 Å². The van der Waals surface area contributed by atoms with Gasteiger partial charge in [0.05, 0.1) is 40.0 Å². The number of aryl methyl sites for hydroxylation is 1. The van der Waals surface area contributed by atoms with Crippen LogP contribution < -0.4 is 0 Å². The highest BCUT2D eigenvalue weighted by atomic mass is 15.1. The molecule has 0 aliphatic heterocycles. The maximum atomic E-state index is 10.1. The van der Waals surface area contributed by atoms with Crippen LogP contribution in [0.5, 0.6) is 0 Å². The molecule has 8 rings (SSSR count). The number of rotatable bonds is 5. The van der Waals surface area contributed by atoms with E-state index >= 15 is 0 Å². The Bertz CT molecular complexity index is 3370. The van der Waals surface area contributed by atoms with E-state index in [1.165, 1.54) is 41.0 Å². The van der Waals surface area contributed by atoms with Gasteiger partial charge in [-0.15, -0.1) is 0 Å². The highest BCUT2D eigenvalue weighted by Gasteiger charge is 2.19. The third kappa shape index (κ3) is 4.14. The average Bonchev–Trinajstić information content (AvgIpc) is 3.67. The van der Waals surface area contributed by atoms with Gasteiger partial charge < -0.3 is 0 Å². The molecule has 0 spiro atoms. The minimum Gasteiger partial charge on any atom is -0.296 e. The first-order chi connectivity index (χ1) is 30.3. The van der Waals surface area contributed by atoms with Crippen LogP contribution in [0.3, 0.4) is 0 Å². The maximum absolute atomic E-state index is 10.1. The average molecular weight is 573 g/mol. The summed E-state index contributed by atoms with van der Waals surface area (Å²) in [5.41, 5.74) is -2.84. The number of imidazole rings is 1. The van der Waals surface area contributed by atoms with Crippen molar-refractivity contribution in [3.8, 4) is 39.1 Å². The Balaban J connectivity index is 1.71. The van der Waals surface area contributed by atoms with E-state index in [0.717, 1.165) is 0 Å². The zero-order chi connectivity index (χ0) is 47.8. The fraction of sp³-hybridized carbons (Fsp3) is 0.0488. The van der Waals surface area contributed by atoms with E-state index in [2.05, 4.69) is 4.98 Å². The van der Waals surface area contributed by atoms with Crippen LogP contribution in [0.2, 0.25) is 0 Å². The molecule has 0 atom stereocenters. The largest absolute Gasteiger partial charge is 0.296 e. The summed E-state index contributed by atoms with van der Waals surface area (Å²) in [5.74, 6) is -0.596. The van der Waals surface area contributed by atoms with E-state index in [4.69, 9.17) is 23.3 Å². The lowest BCUT2D eigenvalue weighted by Gasteiger charge is -2.19. The van der Waals surface area contributed by atoms with E-state index in [1.807, 2.05) is 0 Å². The summed E-state index contributed by atoms with van der Waals surface area (Å²) in [4.78, 5) is 4.37. The molecule has 0 amide bonds. The number of aromatic nitrogens is 2. The maximum Gasteiger partial charge on any atom is 0.114 e. The van der Waals surface area contributed by atoms with Gasteiger partial charge in [-0.2, -0.15) is 0 Å². The minimum absolute atomic E-state index is 0.0528. The molecule has 0 saturated carbocycles. The normalized spacial score (nSPS) is 19.3. The van der Waals surface area contributed by atoms with Crippen LogP contribution in [0.4, 0.5) is 0 Å². The molecule has 8 aromatic rings. The van der Waals surface area contributed by atoms with Gasteiger partial charge in [-0.05, 0) is 73.6 Å². The fourth-order valence-corrected chi connectivity index (χ4v) is 5.34. The van der Waals surface area contributed by atoms with Gasteiger partial charge in [0.25, 0.3) is 0 Å². The summed E-state index contributed by atoms with van der Waals surface area (Å²) in [5, 5.41) is -2.40. The van der Waals surface area contributed by atoms with Crippen molar-refractivity contribution in [2.45, 2.75) is 13.2 Å². The van der Waals surface area contributed by atoms with Gasteiger partial charge in [-0.3, -0.25) is 4.57 Å². The summed E-state index contributed by atoms with van der Waals surface area (Å²) in [6, 6.07) is -2.81. The molecular formula is C41H30N2. The monoisotopic (exact) mass is 572 g/mol. The molecule has 0 saturated heterocycles. The minimum atomic E-state index is -3.28. The molecule has 204 valence electrons. The van der Waals surface area contributed by atoms with Crippen molar-refractivity contribution in [3.63, 3.8) is 0 Å². The quantitative estimate of drug-likeness (QED) is 0.188. The number of benzene rings is 7. The second-order valence-electron chi connectivity index (χ2n) is 9.40.